The van der Waals surface area contributed by atoms with Crippen LogP contribution in [0.5, 0.6) is 0 Å². The van der Waals surface area contributed by atoms with Gasteiger partial charge in [-0.25, -0.2) is 0 Å². The summed E-state index contributed by atoms with van der Waals surface area (Å²) < 4.78 is 0. The Kier molecular flexibility index (Phi) is 5.59. The number of amides is 2. The van der Waals surface area contributed by atoms with Gasteiger partial charge in [0.25, 0.3) is 0 Å². The molecule has 104 valence electrons. The number of carbonyl (C=O) groups excluding carboxylic acids is 2. The SMILES string of the molecule is CC(C)NC(=O)CN(C)C(=O)C1CCCCC1N. The lowest BCUT2D eigenvalue weighted by molar-refractivity contribution is -0.139. The van der Waals surface area contributed by atoms with E-state index in [1.165, 1.54) is 4.90 Å². The summed E-state index contributed by atoms with van der Waals surface area (Å²) in [7, 11) is 1.67. The fraction of sp³-hybridized carbons (Fsp3) is 0.846. The third kappa shape index (κ3) is 4.29. The van der Waals surface area contributed by atoms with Crippen LogP contribution in [-0.4, -0.2) is 42.4 Å². The molecule has 0 radical (unpaired) electrons. The Morgan fingerprint density at radius 2 is 1.94 bits per heavy atom. The van der Waals surface area contributed by atoms with E-state index in [0.717, 1.165) is 25.7 Å². The van der Waals surface area contributed by atoms with Crippen molar-refractivity contribution >= 4 is 11.8 Å². The van der Waals surface area contributed by atoms with Crippen molar-refractivity contribution in [2.75, 3.05) is 13.6 Å². The summed E-state index contributed by atoms with van der Waals surface area (Å²) in [6.45, 7) is 3.91. The van der Waals surface area contributed by atoms with Crippen molar-refractivity contribution in [3.05, 3.63) is 0 Å². The van der Waals surface area contributed by atoms with Gasteiger partial charge in [0.1, 0.15) is 0 Å². The lowest BCUT2D eigenvalue weighted by Crippen LogP contribution is -2.47. The molecule has 1 fully saturated rings. The Morgan fingerprint density at radius 3 is 2.50 bits per heavy atom. The number of nitrogens with two attached hydrogens (primary N) is 1. The van der Waals surface area contributed by atoms with Crippen LogP contribution in [0.25, 0.3) is 0 Å². The molecular formula is C13H25N3O2. The van der Waals surface area contributed by atoms with Gasteiger partial charge in [-0.05, 0) is 26.7 Å². The molecule has 0 aliphatic heterocycles. The van der Waals surface area contributed by atoms with Crippen molar-refractivity contribution in [3.8, 4) is 0 Å². The maximum atomic E-state index is 12.2. The van der Waals surface area contributed by atoms with Gasteiger partial charge in [-0.1, -0.05) is 12.8 Å². The van der Waals surface area contributed by atoms with Crippen LogP contribution in [0.1, 0.15) is 39.5 Å². The first-order valence-corrected chi connectivity index (χ1v) is 6.71. The predicted molar refractivity (Wildman–Crippen MR) is 70.8 cm³/mol. The maximum Gasteiger partial charge on any atom is 0.239 e. The van der Waals surface area contributed by atoms with E-state index in [9.17, 15) is 9.59 Å². The fourth-order valence-corrected chi connectivity index (χ4v) is 2.41. The molecule has 1 aliphatic rings. The van der Waals surface area contributed by atoms with Gasteiger partial charge < -0.3 is 16.0 Å². The summed E-state index contributed by atoms with van der Waals surface area (Å²) in [5.41, 5.74) is 5.98. The Labute approximate surface area is 109 Å². The van der Waals surface area contributed by atoms with Gasteiger partial charge in [0, 0.05) is 19.1 Å². The highest BCUT2D eigenvalue weighted by Gasteiger charge is 2.30. The molecule has 2 unspecified atom stereocenters. The molecule has 0 aromatic heterocycles. The van der Waals surface area contributed by atoms with Crippen LogP contribution >= 0.6 is 0 Å². The molecule has 0 aromatic rings. The Hall–Kier alpha value is -1.10. The molecule has 1 aliphatic carbocycles. The van der Waals surface area contributed by atoms with E-state index >= 15 is 0 Å². The Bertz CT molecular complexity index is 305. The van der Waals surface area contributed by atoms with E-state index in [1.807, 2.05) is 13.8 Å². The van der Waals surface area contributed by atoms with E-state index in [4.69, 9.17) is 5.73 Å². The zero-order valence-electron chi connectivity index (χ0n) is 11.6. The second kappa shape index (κ2) is 6.73. The van der Waals surface area contributed by atoms with Gasteiger partial charge in [-0.2, -0.15) is 0 Å². The number of likely N-dealkylation sites (N-methyl/N-ethyl adjacent to an activating group) is 1. The van der Waals surface area contributed by atoms with Crippen LogP contribution < -0.4 is 11.1 Å². The molecule has 2 atom stereocenters. The smallest absolute Gasteiger partial charge is 0.239 e. The monoisotopic (exact) mass is 255 g/mol. The van der Waals surface area contributed by atoms with E-state index in [-0.39, 0.29) is 36.4 Å². The van der Waals surface area contributed by atoms with Gasteiger partial charge in [0.05, 0.1) is 12.5 Å². The van der Waals surface area contributed by atoms with Crippen LogP contribution in [0.15, 0.2) is 0 Å². The van der Waals surface area contributed by atoms with Gasteiger partial charge >= 0.3 is 0 Å². The summed E-state index contributed by atoms with van der Waals surface area (Å²) in [5.74, 6) is -0.234. The average Bonchev–Trinajstić information content (AvgIpc) is 2.27. The topological polar surface area (TPSA) is 75.4 Å². The minimum absolute atomic E-state index is 0.00102. The van der Waals surface area contributed by atoms with Crippen molar-refractivity contribution in [3.63, 3.8) is 0 Å². The third-order valence-corrected chi connectivity index (χ3v) is 3.34. The molecule has 1 rings (SSSR count). The second-order valence-corrected chi connectivity index (χ2v) is 5.47. The largest absolute Gasteiger partial charge is 0.352 e. The minimum Gasteiger partial charge on any atom is -0.352 e. The fourth-order valence-electron chi connectivity index (χ4n) is 2.41. The number of nitrogens with one attached hydrogen (secondary N) is 1. The summed E-state index contributed by atoms with van der Waals surface area (Å²) in [5, 5.41) is 2.78. The van der Waals surface area contributed by atoms with Gasteiger partial charge in [-0.15, -0.1) is 0 Å². The molecule has 0 saturated heterocycles. The number of carbonyl (C=O) groups is 2. The van der Waals surface area contributed by atoms with Gasteiger partial charge in [0.2, 0.25) is 11.8 Å². The molecular weight excluding hydrogens is 230 g/mol. The van der Waals surface area contributed by atoms with Crippen molar-refractivity contribution in [2.24, 2.45) is 11.7 Å². The Morgan fingerprint density at radius 1 is 1.33 bits per heavy atom. The minimum atomic E-state index is -0.120. The first-order valence-electron chi connectivity index (χ1n) is 6.71. The highest BCUT2D eigenvalue weighted by atomic mass is 16.2. The van der Waals surface area contributed by atoms with E-state index in [1.54, 1.807) is 7.05 Å². The molecule has 0 aromatic carbocycles. The molecule has 3 N–H and O–H groups in total. The van der Waals surface area contributed by atoms with Crippen LogP contribution in [-0.2, 0) is 9.59 Å². The lowest BCUT2D eigenvalue weighted by Gasteiger charge is -2.30. The van der Waals surface area contributed by atoms with Crippen molar-refractivity contribution in [2.45, 2.75) is 51.6 Å². The van der Waals surface area contributed by atoms with Crippen LogP contribution in [0.2, 0.25) is 0 Å². The van der Waals surface area contributed by atoms with Gasteiger partial charge in [-0.3, -0.25) is 9.59 Å². The zero-order valence-corrected chi connectivity index (χ0v) is 11.6. The maximum absolute atomic E-state index is 12.2. The molecule has 18 heavy (non-hydrogen) atoms. The predicted octanol–water partition coefficient (Wildman–Crippen LogP) is 0.487. The quantitative estimate of drug-likeness (QED) is 0.767. The molecule has 0 spiro atoms. The van der Waals surface area contributed by atoms with Crippen LogP contribution in [0.4, 0.5) is 0 Å². The Balaban J connectivity index is 2.47. The van der Waals surface area contributed by atoms with E-state index in [0.29, 0.717) is 0 Å². The number of nitrogens with zero attached hydrogens (tertiary/aromatic N) is 1. The summed E-state index contributed by atoms with van der Waals surface area (Å²) in [6.07, 6.45) is 3.90. The number of rotatable bonds is 4. The van der Waals surface area contributed by atoms with Crippen LogP contribution in [0, 0.1) is 5.92 Å². The highest BCUT2D eigenvalue weighted by Crippen LogP contribution is 2.24. The first-order chi connectivity index (χ1) is 8.41. The summed E-state index contributed by atoms with van der Waals surface area (Å²) >= 11 is 0. The summed E-state index contributed by atoms with van der Waals surface area (Å²) in [6, 6.07) is 0.0415. The molecule has 5 heteroatoms. The number of hydrogen-bond acceptors (Lipinski definition) is 3. The number of hydrogen-bond donors (Lipinski definition) is 2. The third-order valence-electron chi connectivity index (χ3n) is 3.34. The van der Waals surface area contributed by atoms with E-state index in [2.05, 4.69) is 5.32 Å². The van der Waals surface area contributed by atoms with Crippen molar-refractivity contribution in [1.29, 1.82) is 0 Å². The second-order valence-electron chi connectivity index (χ2n) is 5.47. The standard InChI is InChI=1S/C13H25N3O2/c1-9(2)15-12(17)8-16(3)13(18)10-6-4-5-7-11(10)14/h9-11H,4-8,14H2,1-3H3,(H,15,17). The van der Waals surface area contributed by atoms with Crippen LogP contribution in [0.3, 0.4) is 0 Å². The zero-order chi connectivity index (χ0) is 13.7. The molecule has 0 bridgehead atoms. The van der Waals surface area contributed by atoms with Gasteiger partial charge in [0.15, 0.2) is 0 Å². The van der Waals surface area contributed by atoms with Crippen molar-refractivity contribution < 1.29 is 9.59 Å². The highest BCUT2D eigenvalue weighted by molar-refractivity contribution is 5.86. The first kappa shape index (κ1) is 15.0. The average molecular weight is 255 g/mol. The van der Waals surface area contributed by atoms with E-state index < -0.39 is 0 Å². The lowest BCUT2D eigenvalue weighted by atomic mass is 9.84. The molecule has 2 amide bonds. The normalized spacial score (nSPS) is 23.8. The summed E-state index contributed by atoms with van der Waals surface area (Å²) in [4.78, 5) is 25.3. The molecule has 1 saturated carbocycles. The van der Waals surface area contributed by atoms with Crippen molar-refractivity contribution in [1.82, 2.24) is 10.2 Å². The molecule has 5 nitrogen and oxygen atoms in total. The molecule has 0 heterocycles.